The number of carboxylic acids is 1. The highest BCUT2D eigenvalue weighted by molar-refractivity contribution is 5.87. The monoisotopic (exact) mass is 1200 g/mol. The third-order valence-corrected chi connectivity index (χ3v) is 22.2. The molecule has 0 radical (unpaired) electrons. The Hall–Kier alpha value is -2.46. The van der Waals surface area contributed by atoms with Crippen molar-refractivity contribution in [3.05, 3.63) is 23.3 Å². The first kappa shape index (κ1) is 66.0. The van der Waals surface area contributed by atoms with E-state index in [0.717, 1.165) is 5.57 Å². The summed E-state index contributed by atoms with van der Waals surface area (Å²) in [6.07, 6.45) is -34.3. The van der Waals surface area contributed by atoms with Gasteiger partial charge in [-0.2, -0.15) is 0 Å². The Labute approximate surface area is 487 Å². The molecule has 30 atom stereocenters. The topological polar surface area (TPSA) is 421 Å². The molecule has 5 aliphatic carbocycles. The van der Waals surface area contributed by atoms with Crippen molar-refractivity contribution in [1.29, 1.82) is 0 Å². The van der Waals surface area contributed by atoms with E-state index < -0.39 is 218 Å². The summed E-state index contributed by atoms with van der Waals surface area (Å²) in [4.78, 5) is 26.6. The third-order valence-electron chi connectivity index (χ3n) is 22.2. The van der Waals surface area contributed by atoms with Gasteiger partial charge in [-0.1, -0.05) is 66.2 Å². The number of aliphatic hydroxyl groups excluding tert-OH is 14. The first-order valence-electron chi connectivity index (χ1n) is 29.5. The molecule has 0 aromatic rings. The van der Waals surface area contributed by atoms with E-state index in [1.165, 1.54) is 0 Å². The van der Waals surface area contributed by atoms with Gasteiger partial charge in [0.05, 0.1) is 50.2 Å². The lowest BCUT2D eigenvalue weighted by molar-refractivity contribution is -0.405. The number of aliphatic carboxylic acids is 1. The predicted octanol–water partition coefficient (Wildman–Crippen LogP) is -2.40. The second-order valence-electron chi connectivity index (χ2n) is 27.5. The summed E-state index contributed by atoms with van der Waals surface area (Å²) in [5, 5.41) is 167. The predicted molar refractivity (Wildman–Crippen MR) is 285 cm³/mol. The van der Waals surface area contributed by atoms with Crippen LogP contribution in [0, 0.1) is 50.2 Å². The van der Waals surface area contributed by atoms with Crippen LogP contribution in [-0.4, -0.2) is 256 Å². The van der Waals surface area contributed by atoms with E-state index in [4.69, 9.17) is 42.6 Å². The molecule has 4 saturated carbocycles. The summed E-state index contributed by atoms with van der Waals surface area (Å²) in [7, 11) is 0. The van der Waals surface area contributed by atoms with Gasteiger partial charge in [0.1, 0.15) is 91.6 Å². The van der Waals surface area contributed by atoms with E-state index in [-0.39, 0.29) is 18.3 Å². The lowest BCUT2D eigenvalue weighted by atomic mass is 9.32. The van der Waals surface area contributed by atoms with Gasteiger partial charge in [-0.25, -0.2) is 9.59 Å². The number of carbonyl (C=O) groups is 2. The Morgan fingerprint density at radius 2 is 1.23 bits per heavy atom. The van der Waals surface area contributed by atoms with Crippen molar-refractivity contribution in [2.24, 2.45) is 50.2 Å². The van der Waals surface area contributed by atoms with Crippen molar-refractivity contribution in [3.8, 4) is 0 Å². The van der Waals surface area contributed by atoms with Gasteiger partial charge in [0.2, 0.25) is 0 Å². The molecule has 84 heavy (non-hydrogen) atoms. The molecule has 4 aliphatic heterocycles. The highest BCUT2D eigenvalue weighted by Gasteiger charge is 2.75. The summed E-state index contributed by atoms with van der Waals surface area (Å²) in [5.74, 6) is -3.07. The van der Waals surface area contributed by atoms with Crippen molar-refractivity contribution in [2.45, 2.75) is 248 Å². The SMILES string of the molecule is CC=C(C)C(=O)OC1CC(C)(C)CC2C3=CCC4C5(C)CCC(OC6OC(C(=O)O)C(O)C(OC7OC(CO)C(O)C(O)C7OC7OCC(O)C(O)C7O)C6OC6OC(CO)C(O)C(O)C6O)C(C)(C)C5CCC4(C)C3(C)C(O)C(O)C12CO. The molecule has 15 N–H and O–H groups in total. The molecular formula is C58H92O26. The fourth-order valence-electron chi connectivity index (χ4n) is 17.1. The minimum atomic E-state index is -2.28. The average Bonchev–Trinajstić information content (AvgIpc) is 0.680. The molecule has 0 bridgehead atoms. The van der Waals surface area contributed by atoms with E-state index >= 15 is 0 Å². The summed E-state index contributed by atoms with van der Waals surface area (Å²) < 4.78 is 54.9. The summed E-state index contributed by atoms with van der Waals surface area (Å²) >= 11 is 0. The maximum absolute atomic E-state index is 13.5. The largest absolute Gasteiger partial charge is 0.479 e. The van der Waals surface area contributed by atoms with E-state index in [1.54, 1.807) is 19.9 Å². The van der Waals surface area contributed by atoms with Gasteiger partial charge in [-0.05, 0) is 98.2 Å². The molecule has 9 aliphatic rings. The van der Waals surface area contributed by atoms with Crippen LogP contribution in [-0.2, 0) is 52.2 Å². The van der Waals surface area contributed by atoms with Crippen LogP contribution in [0.1, 0.15) is 107 Å². The second-order valence-corrected chi connectivity index (χ2v) is 27.5. The van der Waals surface area contributed by atoms with Gasteiger partial charge in [0, 0.05) is 11.0 Å². The zero-order valence-corrected chi connectivity index (χ0v) is 49.1. The van der Waals surface area contributed by atoms with Crippen LogP contribution in [0.15, 0.2) is 23.3 Å². The van der Waals surface area contributed by atoms with E-state index in [0.29, 0.717) is 44.1 Å². The van der Waals surface area contributed by atoms with Crippen LogP contribution in [0.4, 0.5) is 0 Å². The third kappa shape index (κ3) is 10.6. The Morgan fingerprint density at radius 1 is 0.631 bits per heavy atom. The zero-order valence-electron chi connectivity index (χ0n) is 49.1. The number of esters is 1. The number of hydrogen-bond donors (Lipinski definition) is 15. The van der Waals surface area contributed by atoms with Crippen LogP contribution in [0.2, 0.25) is 0 Å². The van der Waals surface area contributed by atoms with Crippen LogP contribution in [0.3, 0.4) is 0 Å². The number of carbonyl (C=O) groups excluding carboxylic acids is 1. The van der Waals surface area contributed by atoms with Crippen LogP contribution >= 0.6 is 0 Å². The number of ether oxygens (including phenoxy) is 9. The van der Waals surface area contributed by atoms with Crippen molar-refractivity contribution < 1.29 is 129 Å². The molecule has 0 amide bonds. The first-order valence-corrected chi connectivity index (χ1v) is 29.5. The zero-order chi connectivity index (χ0) is 61.9. The van der Waals surface area contributed by atoms with Gasteiger partial charge in [0.15, 0.2) is 31.3 Å². The standard InChI is InChI=1S/C58H92O26/c1-10-23(2)48(75)79-32-18-53(3,4)17-25-24-11-12-30-55(7)15-14-31(54(5,6)29(55)13-16-56(30,8)57(24,9)45(71)46(72)58(25,32)22-61)80-52-44(84-50-39(69)36(66)34(64)27(19-59)77-50)41(40(70)42(82-52)47(73)74)81-51-43(37(67)35(65)28(20-60)78-51)83-49-38(68)33(63)26(62)21-76-49/h10-11,25-46,49-52,59-72H,12-22H2,1-9H3,(H,73,74). The normalized spacial score (nSPS) is 51.9. The van der Waals surface area contributed by atoms with Gasteiger partial charge < -0.3 is 119 Å². The molecule has 30 unspecified atom stereocenters. The molecule has 8 fully saturated rings. The summed E-state index contributed by atoms with van der Waals surface area (Å²) in [6, 6.07) is 0. The molecule has 4 saturated heterocycles. The number of fused-ring (bicyclic) bond motifs is 7. The van der Waals surface area contributed by atoms with Crippen molar-refractivity contribution >= 4 is 11.9 Å². The Morgan fingerprint density at radius 3 is 1.85 bits per heavy atom. The molecule has 9 rings (SSSR count). The fourth-order valence-corrected chi connectivity index (χ4v) is 17.1. The quantitative estimate of drug-likeness (QED) is 0.0373. The summed E-state index contributed by atoms with van der Waals surface area (Å²) in [5.41, 5.74) is -3.58. The highest BCUT2D eigenvalue weighted by Crippen LogP contribution is 2.76. The molecule has 0 aromatic heterocycles. The molecule has 26 heteroatoms. The van der Waals surface area contributed by atoms with E-state index in [9.17, 15) is 86.2 Å². The number of rotatable bonds is 14. The van der Waals surface area contributed by atoms with E-state index in [1.807, 2.05) is 20.8 Å². The van der Waals surface area contributed by atoms with E-state index in [2.05, 4.69) is 33.8 Å². The van der Waals surface area contributed by atoms with Crippen LogP contribution in [0.25, 0.3) is 0 Å². The fraction of sp³-hybridized carbons (Fsp3) is 0.897. The minimum Gasteiger partial charge on any atom is -0.479 e. The molecule has 4 heterocycles. The number of hydrogen-bond acceptors (Lipinski definition) is 25. The van der Waals surface area contributed by atoms with Crippen molar-refractivity contribution in [1.82, 2.24) is 0 Å². The molecule has 480 valence electrons. The van der Waals surface area contributed by atoms with Crippen LogP contribution < -0.4 is 0 Å². The Bertz CT molecular complexity index is 2420. The molecular weight excluding hydrogens is 1110 g/mol. The van der Waals surface area contributed by atoms with Gasteiger partial charge in [-0.15, -0.1) is 0 Å². The molecule has 26 nitrogen and oxygen atoms in total. The highest BCUT2D eigenvalue weighted by atomic mass is 16.8. The van der Waals surface area contributed by atoms with Crippen LogP contribution in [0.5, 0.6) is 0 Å². The van der Waals surface area contributed by atoms with Gasteiger partial charge in [0.25, 0.3) is 0 Å². The lowest BCUT2D eigenvalue weighted by Crippen LogP contribution is -2.74. The average molecular weight is 1210 g/mol. The molecule has 0 aromatic carbocycles. The summed E-state index contributed by atoms with van der Waals surface area (Å²) in [6.45, 7) is 15.0. The van der Waals surface area contributed by atoms with Gasteiger partial charge >= 0.3 is 11.9 Å². The Balaban J connectivity index is 1.05. The van der Waals surface area contributed by atoms with Gasteiger partial charge in [-0.3, -0.25) is 0 Å². The Kier molecular flexibility index (Phi) is 18.9. The molecule has 0 spiro atoms. The maximum atomic E-state index is 13.5. The number of carboxylic acid groups (broad SMARTS) is 1. The first-order chi connectivity index (χ1) is 39.2. The number of allylic oxidation sites excluding steroid dienone is 2. The smallest absolute Gasteiger partial charge is 0.335 e. The maximum Gasteiger partial charge on any atom is 0.335 e. The van der Waals surface area contributed by atoms with Crippen molar-refractivity contribution in [3.63, 3.8) is 0 Å². The number of aliphatic hydroxyl groups is 14. The van der Waals surface area contributed by atoms with Crippen molar-refractivity contribution in [2.75, 3.05) is 26.4 Å². The minimum absolute atomic E-state index is 0.128. The second kappa shape index (κ2) is 24.1. The lowest BCUT2D eigenvalue weighted by Gasteiger charge is -2.73.